The average molecular weight is 455 g/mol. The van der Waals surface area contributed by atoms with Gasteiger partial charge in [0.25, 0.3) is 5.91 Å². The first-order chi connectivity index (χ1) is 16.4. The van der Waals surface area contributed by atoms with Gasteiger partial charge in [-0.1, -0.05) is 6.07 Å². The van der Waals surface area contributed by atoms with Crippen molar-refractivity contribution in [2.45, 2.75) is 0 Å². The highest BCUT2D eigenvalue weighted by Crippen LogP contribution is 2.30. The highest BCUT2D eigenvalue weighted by Gasteiger charge is 2.17. The van der Waals surface area contributed by atoms with Gasteiger partial charge in [0.15, 0.2) is 17.2 Å². The third-order valence-corrected chi connectivity index (χ3v) is 5.11. The van der Waals surface area contributed by atoms with E-state index in [1.165, 1.54) is 35.0 Å². The largest absolute Gasteiger partial charge is 0.305 e. The Morgan fingerprint density at radius 3 is 2.59 bits per heavy atom. The normalized spacial score (nSPS) is 10.9. The second kappa shape index (κ2) is 8.22. The molecule has 34 heavy (non-hydrogen) atoms. The molecule has 1 N–H and O–H groups in total. The van der Waals surface area contributed by atoms with Crippen LogP contribution in [-0.4, -0.2) is 30.3 Å². The smallest absolute Gasteiger partial charge is 0.258 e. The summed E-state index contributed by atoms with van der Waals surface area (Å²) in [7, 11) is 1.78. The Labute approximate surface area is 191 Å². The molecule has 0 saturated carbocycles. The summed E-state index contributed by atoms with van der Waals surface area (Å²) in [6.45, 7) is 7.04. The number of imidazole rings is 1. The second-order valence-electron chi connectivity index (χ2n) is 7.45. The van der Waals surface area contributed by atoms with Crippen molar-refractivity contribution in [2.24, 2.45) is 7.05 Å². The number of hydrogen-bond acceptors (Lipinski definition) is 4. The number of anilines is 1. The topological polar surface area (TPSA) is 81.5 Å². The summed E-state index contributed by atoms with van der Waals surface area (Å²) in [4.78, 5) is 20.1. The van der Waals surface area contributed by atoms with Gasteiger partial charge in [0.05, 0.1) is 24.0 Å². The first-order valence-electron chi connectivity index (χ1n) is 10.1. The zero-order valence-corrected chi connectivity index (χ0v) is 17.7. The van der Waals surface area contributed by atoms with Crippen LogP contribution in [0.5, 0.6) is 0 Å². The van der Waals surface area contributed by atoms with Gasteiger partial charge < -0.3 is 5.32 Å². The van der Waals surface area contributed by atoms with Crippen molar-refractivity contribution in [1.29, 1.82) is 0 Å². The average Bonchev–Trinajstić information content (AvgIpc) is 3.42. The molecular weight excluding hydrogens is 440 g/mol. The van der Waals surface area contributed by atoms with Crippen LogP contribution in [0.1, 0.15) is 10.4 Å². The van der Waals surface area contributed by atoms with Crippen LogP contribution in [0.4, 0.5) is 20.3 Å². The molecule has 0 bridgehead atoms. The maximum atomic E-state index is 14.1. The van der Waals surface area contributed by atoms with Crippen LogP contribution >= 0.6 is 0 Å². The lowest BCUT2D eigenvalue weighted by Crippen LogP contribution is -2.13. The van der Waals surface area contributed by atoms with Crippen LogP contribution < -0.4 is 5.32 Å². The Balaban J connectivity index is 1.47. The van der Waals surface area contributed by atoms with Crippen molar-refractivity contribution in [3.8, 4) is 22.5 Å². The molecule has 0 aliphatic heterocycles. The van der Waals surface area contributed by atoms with Crippen molar-refractivity contribution in [1.82, 2.24) is 24.4 Å². The van der Waals surface area contributed by atoms with Crippen molar-refractivity contribution in [3.05, 3.63) is 95.6 Å². The molecule has 0 saturated heterocycles. The van der Waals surface area contributed by atoms with E-state index in [1.807, 2.05) is 0 Å². The molecule has 8 nitrogen and oxygen atoms in total. The van der Waals surface area contributed by atoms with E-state index in [0.717, 1.165) is 17.2 Å². The van der Waals surface area contributed by atoms with E-state index in [1.54, 1.807) is 42.2 Å². The van der Waals surface area contributed by atoms with Crippen LogP contribution in [0.2, 0.25) is 0 Å². The fourth-order valence-corrected chi connectivity index (χ4v) is 3.52. The van der Waals surface area contributed by atoms with Crippen molar-refractivity contribution >= 4 is 23.1 Å². The van der Waals surface area contributed by atoms with E-state index in [4.69, 9.17) is 6.57 Å². The van der Waals surface area contributed by atoms with Gasteiger partial charge in [-0.05, 0) is 48.5 Å². The van der Waals surface area contributed by atoms with Crippen LogP contribution in [-0.2, 0) is 7.05 Å². The number of halogens is 2. The minimum atomic E-state index is -0.737. The van der Waals surface area contributed by atoms with Crippen molar-refractivity contribution < 1.29 is 13.6 Å². The fraction of sp³-hybridized carbons (Fsp3) is 0.0417. The fourth-order valence-electron chi connectivity index (χ4n) is 3.52. The number of carbonyl (C=O) groups is 1. The van der Waals surface area contributed by atoms with E-state index in [0.29, 0.717) is 17.0 Å². The molecule has 166 valence electrons. The minimum Gasteiger partial charge on any atom is -0.305 e. The summed E-state index contributed by atoms with van der Waals surface area (Å²) in [5, 5.41) is 11.6. The molecule has 5 rings (SSSR count). The van der Waals surface area contributed by atoms with E-state index >= 15 is 0 Å². The Hall–Kier alpha value is -4.91. The van der Waals surface area contributed by atoms with Gasteiger partial charge in [0.1, 0.15) is 17.3 Å². The molecule has 10 heteroatoms. The monoisotopic (exact) mass is 455 g/mol. The number of nitrogens with zero attached hydrogens (tertiary/aromatic N) is 6. The Bertz CT molecular complexity index is 1600. The third-order valence-electron chi connectivity index (χ3n) is 5.11. The maximum absolute atomic E-state index is 14.1. The number of benzene rings is 2. The molecule has 0 radical (unpaired) electrons. The predicted molar refractivity (Wildman–Crippen MR) is 121 cm³/mol. The molecule has 0 aliphatic carbocycles. The van der Waals surface area contributed by atoms with Gasteiger partial charge in [-0.25, -0.2) is 23.1 Å². The molecule has 0 unspecified atom stereocenters. The standard InChI is InChI=1S/C24H15F2N7O/c1-27-16-7-8-19(26)17(11-16)24(34)29-21-13-33-22(28-21)10-9-20(30-33)18-12-32(2)31-23(18)14-3-5-15(25)6-4-14/h3-13H,2H3,(H,29,34). The molecule has 5 aromatic rings. The number of amides is 1. The number of carbonyl (C=O) groups excluding carboxylic acids is 1. The second-order valence-corrected chi connectivity index (χ2v) is 7.45. The Morgan fingerprint density at radius 2 is 1.82 bits per heavy atom. The number of aryl methyl sites for hydroxylation is 1. The molecule has 0 fully saturated rings. The zero-order valence-electron chi connectivity index (χ0n) is 17.7. The number of fused-ring (bicyclic) bond motifs is 1. The van der Waals surface area contributed by atoms with Gasteiger partial charge >= 0.3 is 0 Å². The first kappa shape index (κ1) is 21.0. The van der Waals surface area contributed by atoms with E-state index in [-0.39, 0.29) is 22.9 Å². The highest BCUT2D eigenvalue weighted by molar-refractivity contribution is 6.04. The first-order valence-corrected chi connectivity index (χ1v) is 10.1. The van der Waals surface area contributed by atoms with E-state index in [2.05, 4.69) is 25.3 Å². The molecule has 0 atom stereocenters. The van der Waals surface area contributed by atoms with Crippen LogP contribution in [0.15, 0.2) is 67.0 Å². The summed E-state index contributed by atoms with van der Waals surface area (Å²) in [5.74, 6) is -1.63. The van der Waals surface area contributed by atoms with Gasteiger partial charge in [-0.15, -0.1) is 0 Å². The summed E-state index contributed by atoms with van der Waals surface area (Å²) >= 11 is 0. The number of nitrogens with one attached hydrogen (secondary N) is 1. The summed E-state index contributed by atoms with van der Waals surface area (Å²) in [6.07, 6.45) is 3.31. The Kier molecular flexibility index (Phi) is 5.07. The lowest BCUT2D eigenvalue weighted by atomic mass is 10.1. The van der Waals surface area contributed by atoms with Gasteiger partial charge in [0, 0.05) is 24.4 Å². The van der Waals surface area contributed by atoms with Crippen LogP contribution in [0, 0.1) is 18.2 Å². The van der Waals surface area contributed by atoms with Crippen LogP contribution in [0.25, 0.3) is 33.0 Å². The van der Waals surface area contributed by atoms with Gasteiger partial charge in [0.2, 0.25) is 0 Å². The molecule has 3 aromatic heterocycles. The maximum Gasteiger partial charge on any atom is 0.258 e. The minimum absolute atomic E-state index is 0.154. The lowest BCUT2D eigenvalue weighted by Gasteiger charge is -2.03. The molecule has 0 spiro atoms. The quantitative estimate of drug-likeness (QED) is 0.392. The summed E-state index contributed by atoms with van der Waals surface area (Å²) < 4.78 is 30.6. The lowest BCUT2D eigenvalue weighted by molar-refractivity contribution is 0.102. The molecular formula is C24H15F2N7O. The zero-order chi connectivity index (χ0) is 23.8. The number of rotatable bonds is 4. The van der Waals surface area contributed by atoms with Gasteiger partial charge in [-0.3, -0.25) is 9.48 Å². The summed E-state index contributed by atoms with van der Waals surface area (Å²) in [6, 6.07) is 13.1. The van der Waals surface area contributed by atoms with E-state index in [9.17, 15) is 13.6 Å². The molecule has 1 amide bonds. The molecule has 0 aliphatic rings. The molecule has 3 heterocycles. The molecule has 2 aromatic carbocycles. The van der Waals surface area contributed by atoms with Crippen LogP contribution in [0.3, 0.4) is 0 Å². The van der Waals surface area contributed by atoms with Gasteiger partial charge in [-0.2, -0.15) is 10.2 Å². The Morgan fingerprint density at radius 1 is 1.03 bits per heavy atom. The van der Waals surface area contributed by atoms with Crippen molar-refractivity contribution in [2.75, 3.05) is 5.32 Å². The number of hydrogen-bond donors (Lipinski definition) is 1. The number of aromatic nitrogens is 5. The highest BCUT2D eigenvalue weighted by atomic mass is 19.1. The predicted octanol–water partition coefficient (Wildman–Crippen LogP) is 4.88. The van der Waals surface area contributed by atoms with E-state index < -0.39 is 11.7 Å². The summed E-state index contributed by atoms with van der Waals surface area (Å²) in [5.41, 5.74) is 3.06. The SMILES string of the molecule is [C-]#[N+]c1ccc(F)c(C(=O)Nc2cn3nc(-c4cn(C)nc4-c4ccc(F)cc4)ccc3n2)c1. The van der Waals surface area contributed by atoms with Crippen molar-refractivity contribution in [3.63, 3.8) is 0 Å². The third kappa shape index (κ3) is 3.86.